The summed E-state index contributed by atoms with van der Waals surface area (Å²) in [5, 5.41) is -0.654. The number of morpholine rings is 1. The number of hydrogen-bond acceptors (Lipinski definition) is 8. The Morgan fingerprint density at radius 1 is 1.16 bits per heavy atom. The molecule has 0 unspecified atom stereocenters. The van der Waals surface area contributed by atoms with Crippen LogP contribution in [-0.4, -0.2) is 54.9 Å². The minimum absolute atomic E-state index is 0.0402. The number of nitrogens with two attached hydrogens (primary N) is 1. The number of pyridine rings is 1. The Balaban J connectivity index is 1.92. The summed E-state index contributed by atoms with van der Waals surface area (Å²) in [4.78, 5) is 14.5. The minimum Gasteiger partial charge on any atom is -0.384 e. The zero-order valence-corrected chi connectivity index (χ0v) is 18.5. The van der Waals surface area contributed by atoms with Gasteiger partial charge >= 0.3 is 6.18 Å². The highest BCUT2D eigenvalue weighted by Gasteiger charge is 2.58. The van der Waals surface area contributed by atoms with Crippen molar-refractivity contribution in [2.24, 2.45) is 0 Å². The summed E-state index contributed by atoms with van der Waals surface area (Å²) in [5.74, 6) is -0.0965. The Hall–Kier alpha value is -2.47. The molecule has 2 aromatic rings. The number of rotatable bonds is 5. The number of alkyl halides is 3. The molecule has 0 aromatic carbocycles. The molecule has 2 fully saturated rings. The van der Waals surface area contributed by atoms with Crippen LogP contribution in [0.1, 0.15) is 37.9 Å². The van der Waals surface area contributed by atoms with Crippen LogP contribution in [-0.2, 0) is 25.5 Å². The third-order valence-electron chi connectivity index (χ3n) is 5.85. The van der Waals surface area contributed by atoms with Crippen molar-refractivity contribution in [1.82, 2.24) is 15.0 Å². The van der Waals surface area contributed by atoms with Crippen LogP contribution in [0.25, 0.3) is 11.3 Å². The van der Waals surface area contributed by atoms with Gasteiger partial charge in [-0.05, 0) is 38.8 Å². The van der Waals surface area contributed by atoms with E-state index < -0.39 is 31.6 Å². The number of nitrogens with zero attached hydrogens (tertiary/aromatic N) is 4. The maximum atomic E-state index is 13.8. The number of aromatic nitrogens is 3. The first kappa shape index (κ1) is 22.7. The van der Waals surface area contributed by atoms with Crippen LogP contribution in [0.2, 0.25) is 0 Å². The van der Waals surface area contributed by atoms with Crippen LogP contribution in [0.3, 0.4) is 0 Å². The van der Waals surface area contributed by atoms with E-state index in [0.717, 1.165) is 12.3 Å². The molecule has 1 saturated heterocycles. The summed E-state index contributed by atoms with van der Waals surface area (Å²) in [6.45, 7) is 4.89. The standard InChI is InChI=1S/C20H24F3N5O3S/c1-12(2)32(29,30)19(3-4-19)16-10-15(26-18(27-16)28-5-7-31-8-6-28)13-11-25-17(24)9-14(13)20(21,22)23/h9-12H,3-8H2,1-2H3,(H2,24,25). The molecule has 2 aromatic heterocycles. The van der Waals surface area contributed by atoms with E-state index in [9.17, 15) is 21.6 Å². The van der Waals surface area contributed by atoms with Crippen LogP contribution >= 0.6 is 0 Å². The predicted octanol–water partition coefficient (Wildman–Crippen LogP) is 2.79. The summed E-state index contributed by atoms with van der Waals surface area (Å²) in [6.07, 6.45) is -2.96. The molecule has 0 spiro atoms. The van der Waals surface area contributed by atoms with E-state index in [1.807, 2.05) is 0 Å². The van der Waals surface area contributed by atoms with Gasteiger partial charge < -0.3 is 15.4 Å². The van der Waals surface area contributed by atoms with Gasteiger partial charge in [-0.1, -0.05) is 0 Å². The van der Waals surface area contributed by atoms with Gasteiger partial charge in [0.2, 0.25) is 5.95 Å². The van der Waals surface area contributed by atoms with Gasteiger partial charge in [0.25, 0.3) is 0 Å². The Bertz CT molecular complexity index is 1130. The van der Waals surface area contributed by atoms with Gasteiger partial charge in [-0.15, -0.1) is 0 Å². The lowest BCUT2D eigenvalue weighted by atomic mass is 10.0. The Morgan fingerprint density at radius 3 is 2.38 bits per heavy atom. The number of ether oxygens (including phenoxy) is 1. The van der Waals surface area contributed by atoms with Crippen LogP contribution in [0.15, 0.2) is 18.3 Å². The van der Waals surface area contributed by atoms with Crippen molar-refractivity contribution < 1.29 is 26.3 Å². The van der Waals surface area contributed by atoms with E-state index in [0.29, 0.717) is 39.1 Å². The molecule has 2 N–H and O–H groups in total. The van der Waals surface area contributed by atoms with Crippen molar-refractivity contribution in [3.05, 3.63) is 29.6 Å². The molecule has 8 nitrogen and oxygen atoms in total. The van der Waals surface area contributed by atoms with E-state index in [2.05, 4.69) is 15.0 Å². The Morgan fingerprint density at radius 2 is 1.81 bits per heavy atom. The maximum absolute atomic E-state index is 13.8. The molecule has 1 saturated carbocycles. The van der Waals surface area contributed by atoms with Gasteiger partial charge in [0, 0.05) is 24.8 Å². The van der Waals surface area contributed by atoms with Crippen molar-refractivity contribution in [1.29, 1.82) is 0 Å². The molecule has 32 heavy (non-hydrogen) atoms. The topological polar surface area (TPSA) is 111 Å². The van der Waals surface area contributed by atoms with Crippen molar-refractivity contribution in [2.75, 3.05) is 36.9 Å². The fourth-order valence-electron chi connectivity index (χ4n) is 3.87. The van der Waals surface area contributed by atoms with Crippen LogP contribution in [0.5, 0.6) is 0 Å². The molecule has 174 valence electrons. The number of hydrogen-bond donors (Lipinski definition) is 1. The first-order chi connectivity index (χ1) is 15.0. The Kier molecular flexibility index (Phi) is 5.56. The lowest BCUT2D eigenvalue weighted by molar-refractivity contribution is -0.137. The molecule has 1 aliphatic heterocycles. The van der Waals surface area contributed by atoms with Crippen molar-refractivity contribution in [2.45, 2.75) is 42.9 Å². The van der Waals surface area contributed by atoms with Gasteiger partial charge in [0.05, 0.1) is 35.4 Å². The summed E-state index contributed by atoms with van der Waals surface area (Å²) < 4.78 is 71.6. The molecule has 1 aliphatic carbocycles. The van der Waals surface area contributed by atoms with Gasteiger partial charge in [-0.2, -0.15) is 13.2 Å². The quantitative estimate of drug-likeness (QED) is 0.709. The molecule has 0 bridgehead atoms. The fourth-order valence-corrected chi connectivity index (χ4v) is 5.84. The number of sulfone groups is 1. The Labute approximate surface area is 183 Å². The first-order valence-corrected chi connectivity index (χ1v) is 11.8. The summed E-state index contributed by atoms with van der Waals surface area (Å²) in [7, 11) is -3.60. The second-order valence-electron chi connectivity index (χ2n) is 8.28. The van der Waals surface area contributed by atoms with Gasteiger partial charge in [-0.25, -0.2) is 23.4 Å². The third-order valence-corrected chi connectivity index (χ3v) is 8.80. The molecule has 2 aliphatic rings. The van der Waals surface area contributed by atoms with E-state index in [4.69, 9.17) is 10.5 Å². The second-order valence-corrected chi connectivity index (χ2v) is 11.1. The van der Waals surface area contributed by atoms with Crippen LogP contribution < -0.4 is 10.6 Å². The normalized spacial score (nSPS) is 18.8. The monoisotopic (exact) mass is 471 g/mol. The molecule has 4 rings (SSSR count). The number of nitrogen functional groups attached to an aromatic ring is 1. The van der Waals surface area contributed by atoms with Crippen molar-refractivity contribution in [3.63, 3.8) is 0 Å². The second kappa shape index (κ2) is 7.84. The largest absolute Gasteiger partial charge is 0.417 e. The average molecular weight is 472 g/mol. The minimum atomic E-state index is -4.70. The molecule has 0 atom stereocenters. The summed E-state index contributed by atoms with van der Waals surface area (Å²) in [5.41, 5.74) is 4.41. The van der Waals surface area contributed by atoms with Crippen molar-refractivity contribution >= 4 is 21.6 Å². The summed E-state index contributed by atoms with van der Waals surface area (Å²) >= 11 is 0. The van der Waals surface area contributed by atoms with Crippen molar-refractivity contribution in [3.8, 4) is 11.3 Å². The fraction of sp³-hybridized carbons (Fsp3) is 0.550. The maximum Gasteiger partial charge on any atom is 0.417 e. The first-order valence-electron chi connectivity index (χ1n) is 10.2. The van der Waals surface area contributed by atoms with Crippen LogP contribution in [0, 0.1) is 0 Å². The van der Waals surface area contributed by atoms with Gasteiger partial charge in [-0.3, -0.25) is 0 Å². The zero-order valence-electron chi connectivity index (χ0n) is 17.7. The highest BCUT2D eigenvalue weighted by atomic mass is 32.2. The molecular formula is C20H24F3N5O3S. The molecule has 12 heteroatoms. The zero-order chi connectivity index (χ0) is 23.3. The average Bonchev–Trinajstić information content (AvgIpc) is 3.56. The van der Waals surface area contributed by atoms with E-state index in [-0.39, 0.29) is 28.7 Å². The van der Waals surface area contributed by atoms with Crippen LogP contribution in [0.4, 0.5) is 24.9 Å². The van der Waals surface area contributed by atoms with E-state index in [1.165, 1.54) is 6.07 Å². The number of halogens is 3. The molecule has 0 radical (unpaired) electrons. The highest BCUT2D eigenvalue weighted by Crippen LogP contribution is 2.54. The third kappa shape index (κ3) is 3.90. The van der Waals surface area contributed by atoms with Gasteiger partial charge in [0.1, 0.15) is 10.6 Å². The lowest BCUT2D eigenvalue weighted by Crippen LogP contribution is -2.38. The smallest absolute Gasteiger partial charge is 0.384 e. The summed E-state index contributed by atoms with van der Waals surface area (Å²) in [6, 6.07) is 2.10. The lowest BCUT2D eigenvalue weighted by Gasteiger charge is -2.28. The molecule has 3 heterocycles. The number of anilines is 2. The molecule has 0 amide bonds. The highest BCUT2D eigenvalue weighted by molar-refractivity contribution is 7.93. The van der Waals surface area contributed by atoms with E-state index in [1.54, 1.807) is 18.7 Å². The SMILES string of the molecule is CC(C)S(=O)(=O)C1(c2cc(-c3cnc(N)cc3C(F)(F)F)nc(N3CCOCC3)n2)CC1. The predicted molar refractivity (Wildman–Crippen MR) is 113 cm³/mol. The van der Waals surface area contributed by atoms with Gasteiger partial charge in [0.15, 0.2) is 9.84 Å². The van der Waals surface area contributed by atoms with E-state index >= 15 is 0 Å². The molecular weight excluding hydrogens is 447 g/mol.